The van der Waals surface area contributed by atoms with Crippen molar-refractivity contribution in [3.05, 3.63) is 53.9 Å². The Hall–Kier alpha value is -3.18. The minimum absolute atomic E-state index is 0.0651. The zero-order valence-electron chi connectivity index (χ0n) is 11.5. The summed E-state index contributed by atoms with van der Waals surface area (Å²) >= 11 is 1.46. The Morgan fingerprint density at radius 2 is 1.96 bits per heavy atom. The van der Waals surface area contributed by atoms with Crippen molar-refractivity contribution in [2.75, 3.05) is 0 Å². The van der Waals surface area contributed by atoms with Crippen LogP contribution in [0.4, 0.5) is 4.39 Å². The number of aromatic nitrogens is 5. The number of rotatable bonds is 2. The number of benzene rings is 1. The third-order valence-electron chi connectivity index (χ3n) is 3.31. The van der Waals surface area contributed by atoms with Crippen molar-refractivity contribution in [1.82, 2.24) is 24.7 Å². The molecule has 23 heavy (non-hydrogen) atoms. The predicted molar refractivity (Wildman–Crippen MR) is 82.4 cm³/mol. The fourth-order valence-corrected chi connectivity index (χ4v) is 3.20. The maximum atomic E-state index is 13.2. The number of thiophene rings is 1. The Balaban J connectivity index is 1.97. The number of hydrogen-bond acceptors (Lipinski definition) is 6. The molecule has 4 rings (SSSR count). The van der Waals surface area contributed by atoms with Gasteiger partial charge in [-0.3, -0.25) is 0 Å². The van der Waals surface area contributed by atoms with Crippen LogP contribution >= 0.6 is 11.3 Å². The lowest BCUT2D eigenvalue weighted by Gasteiger charge is -2.04. The maximum Gasteiger partial charge on any atom is 0.252 e. The zero-order valence-corrected chi connectivity index (χ0v) is 12.3. The fraction of sp³-hybridized carbons (Fsp3) is 0. The van der Waals surface area contributed by atoms with Gasteiger partial charge in [-0.15, -0.1) is 16.4 Å². The van der Waals surface area contributed by atoms with Gasteiger partial charge in [0.05, 0.1) is 5.39 Å². The van der Waals surface area contributed by atoms with Crippen molar-refractivity contribution in [2.24, 2.45) is 0 Å². The first-order valence-electron chi connectivity index (χ1n) is 6.56. The number of hydrogen-bond donors (Lipinski definition) is 0. The normalized spacial score (nSPS) is 10.8. The van der Waals surface area contributed by atoms with Gasteiger partial charge in [0.25, 0.3) is 5.82 Å². The van der Waals surface area contributed by atoms with Crippen LogP contribution in [0.3, 0.4) is 0 Å². The number of nitriles is 1. The smallest absolute Gasteiger partial charge is 0.225 e. The van der Waals surface area contributed by atoms with Crippen LogP contribution in [0.25, 0.3) is 27.2 Å². The first-order valence-corrected chi connectivity index (χ1v) is 7.44. The Kier molecular flexibility index (Phi) is 3.06. The van der Waals surface area contributed by atoms with E-state index in [1.807, 2.05) is 11.4 Å². The molecule has 0 spiro atoms. The van der Waals surface area contributed by atoms with Crippen molar-refractivity contribution in [2.45, 2.75) is 0 Å². The first kappa shape index (κ1) is 13.5. The molecule has 0 saturated carbocycles. The summed E-state index contributed by atoms with van der Waals surface area (Å²) in [7, 11) is 0. The molecule has 0 radical (unpaired) electrons. The third kappa shape index (κ3) is 2.23. The summed E-state index contributed by atoms with van der Waals surface area (Å²) in [5.74, 6) is 0.305. The summed E-state index contributed by atoms with van der Waals surface area (Å²) in [6, 6.07) is 8.11. The molecule has 0 atom stereocenters. The second kappa shape index (κ2) is 5.23. The van der Waals surface area contributed by atoms with E-state index in [0.717, 1.165) is 21.3 Å². The van der Waals surface area contributed by atoms with Crippen LogP contribution < -0.4 is 0 Å². The van der Waals surface area contributed by atoms with Gasteiger partial charge in [-0.2, -0.15) is 5.26 Å². The van der Waals surface area contributed by atoms with Crippen LogP contribution in [0, 0.1) is 17.1 Å². The molecular formula is C15H7FN6S. The van der Waals surface area contributed by atoms with Crippen molar-refractivity contribution >= 4 is 21.6 Å². The van der Waals surface area contributed by atoms with Crippen molar-refractivity contribution in [1.29, 1.82) is 5.26 Å². The van der Waals surface area contributed by atoms with E-state index in [4.69, 9.17) is 5.26 Å². The van der Waals surface area contributed by atoms with Gasteiger partial charge in [0.2, 0.25) is 0 Å². The van der Waals surface area contributed by atoms with E-state index in [9.17, 15) is 4.39 Å². The van der Waals surface area contributed by atoms with Crippen LogP contribution in [-0.2, 0) is 0 Å². The van der Waals surface area contributed by atoms with Gasteiger partial charge < -0.3 is 0 Å². The van der Waals surface area contributed by atoms with Crippen LogP contribution in [-0.4, -0.2) is 24.7 Å². The minimum atomic E-state index is -0.292. The molecule has 0 unspecified atom stereocenters. The Morgan fingerprint density at radius 3 is 2.70 bits per heavy atom. The fourth-order valence-electron chi connectivity index (χ4n) is 2.29. The van der Waals surface area contributed by atoms with Gasteiger partial charge in [-0.25, -0.2) is 24.0 Å². The molecule has 4 aromatic rings. The van der Waals surface area contributed by atoms with Crippen LogP contribution in [0.15, 0.2) is 42.3 Å². The van der Waals surface area contributed by atoms with Gasteiger partial charge in [0.1, 0.15) is 29.4 Å². The molecule has 0 aliphatic rings. The third-order valence-corrected chi connectivity index (χ3v) is 4.20. The summed E-state index contributed by atoms with van der Waals surface area (Å²) < 4.78 is 14.6. The number of halogens is 1. The van der Waals surface area contributed by atoms with E-state index in [1.54, 1.807) is 12.1 Å². The van der Waals surface area contributed by atoms with Gasteiger partial charge in [0.15, 0.2) is 5.82 Å². The SMILES string of the molecule is N#Cc1ncn(-c2ncnc3scc(-c4ccc(F)cc4)c23)n1. The van der Waals surface area contributed by atoms with E-state index in [0.29, 0.717) is 5.82 Å². The number of nitrogens with zero attached hydrogens (tertiary/aromatic N) is 6. The molecule has 0 amide bonds. The highest BCUT2D eigenvalue weighted by Gasteiger charge is 2.15. The Bertz CT molecular complexity index is 1040. The van der Waals surface area contributed by atoms with Crippen LogP contribution in [0.5, 0.6) is 0 Å². The molecule has 0 bridgehead atoms. The first-order chi connectivity index (χ1) is 11.3. The highest BCUT2D eigenvalue weighted by Crippen LogP contribution is 2.35. The molecule has 0 aliphatic heterocycles. The number of fused-ring (bicyclic) bond motifs is 1. The molecule has 0 N–H and O–H groups in total. The lowest BCUT2D eigenvalue weighted by atomic mass is 10.1. The second-order valence-electron chi connectivity index (χ2n) is 4.66. The predicted octanol–water partition coefficient (Wildman–Crippen LogP) is 2.95. The summed E-state index contributed by atoms with van der Waals surface area (Å²) in [5.41, 5.74) is 1.74. The molecule has 8 heteroatoms. The maximum absolute atomic E-state index is 13.2. The average Bonchev–Trinajstić information content (AvgIpc) is 3.22. The molecule has 0 saturated heterocycles. The van der Waals surface area contributed by atoms with E-state index in [1.165, 1.54) is 40.8 Å². The second-order valence-corrected chi connectivity index (χ2v) is 5.52. The molecule has 0 fully saturated rings. The van der Waals surface area contributed by atoms with Crippen LogP contribution in [0.1, 0.15) is 5.82 Å². The molecule has 0 aliphatic carbocycles. The van der Waals surface area contributed by atoms with Crippen LogP contribution in [0.2, 0.25) is 0 Å². The molecule has 3 aromatic heterocycles. The summed E-state index contributed by atoms with van der Waals surface area (Å²) in [6.07, 6.45) is 2.88. The van der Waals surface area contributed by atoms with E-state index >= 15 is 0 Å². The lowest BCUT2D eigenvalue weighted by Crippen LogP contribution is -2.00. The quantitative estimate of drug-likeness (QED) is 0.567. The van der Waals surface area contributed by atoms with Crippen molar-refractivity contribution < 1.29 is 4.39 Å². The monoisotopic (exact) mass is 322 g/mol. The largest absolute Gasteiger partial charge is 0.252 e. The summed E-state index contributed by atoms with van der Waals surface area (Å²) in [6.45, 7) is 0. The molecule has 3 heterocycles. The minimum Gasteiger partial charge on any atom is -0.225 e. The Morgan fingerprint density at radius 1 is 1.13 bits per heavy atom. The summed E-state index contributed by atoms with van der Waals surface area (Å²) in [5, 5.41) is 15.7. The van der Waals surface area contributed by atoms with Crippen molar-refractivity contribution in [3.63, 3.8) is 0 Å². The molecule has 110 valence electrons. The molecule has 1 aromatic carbocycles. The van der Waals surface area contributed by atoms with E-state index in [2.05, 4.69) is 20.1 Å². The average molecular weight is 322 g/mol. The zero-order chi connectivity index (χ0) is 15.8. The van der Waals surface area contributed by atoms with Gasteiger partial charge in [-0.1, -0.05) is 12.1 Å². The van der Waals surface area contributed by atoms with Gasteiger partial charge in [-0.05, 0) is 17.7 Å². The Labute approximate surface area is 133 Å². The molecule has 6 nitrogen and oxygen atoms in total. The van der Waals surface area contributed by atoms with E-state index in [-0.39, 0.29) is 11.6 Å². The molecular weight excluding hydrogens is 315 g/mol. The highest BCUT2D eigenvalue weighted by molar-refractivity contribution is 7.17. The van der Waals surface area contributed by atoms with E-state index < -0.39 is 0 Å². The standard InChI is InChI=1S/C15H7FN6S/c16-10-3-1-9(2-4-10)11-6-23-15-13(11)14(18-7-19-15)22-8-20-12(5-17)21-22/h1-4,6-8H. The van der Waals surface area contributed by atoms with Crippen molar-refractivity contribution in [3.8, 4) is 23.0 Å². The lowest BCUT2D eigenvalue weighted by molar-refractivity contribution is 0.628. The topological polar surface area (TPSA) is 80.3 Å². The van der Waals surface area contributed by atoms with Gasteiger partial charge >= 0.3 is 0 Å². The summed E-state index contributed by atoms with van der Waals surface area (Å²) in [4.78, 5) is 13.2. The highest BCUT2D eigenvalue weighted by atomic mass is 32.1. The van der Waals surface area contributed by atoms with Gasteiger partial charge in [0, 0.05) is 10.9 Å².